The summed E-state index contributed by atoms with van der Waals surface area (Å²) in [6, 6.07) is 5.38. The third kappa shape index (κ3) is 2.63. The van der Waals surface area contributed by atoms with E-state index in [0.29, 0.717) is 25.5 Å². The number of benzene rings is 1. The molecule has 1 aromatic carbocycles. The molecule has 18 heavy (non-hydrogen) atoms. The lowest BCUT2D eigenvalue weighted by atomic mass is 9.99. The first kappa shape index (κ1) is 12.9. The Balaban J connectivity index is 2.14. The first-order valence-corrected chi connectivity index (χ1v) is 6.01. The third-order valence-electron chi connectivity index (χ3n) is 3.06. The molecule has 1 amide bonds. The highest BCUT2D eigenvalue weighted by Gasteiger charge is 2.18. The Morgan fingerprint density at radius 3 is 3.11 bits per heavy atom. The summed E-state index contributed by atoms with van der Waals surface area (Å²) in [5.41, 5.74) is 7.97. The van der Waals surface area contributed by atoms with E-state index in [-0.39, 0.29) is 12.1 Å². The largest absolute Gasteiger partial charge is 0.414 e. The van der Waals surface area contributed by atoms with Crippen molar-refractivity contribution in [2.24, 2.45) is 5.73 Å². The van der Waals surface area contributed by atoms with Crippen LogP contribution in [-0.2, 0) is 11.3 Å². The molecule has 5 heteroatoms. The van der Waals surface area contributed by atoms with E-state index in [9.17, 15) is 4.79 Å². The molecule has 1 unspecified atom stereocenters. The normalized spacial score (nSPS) is 18.1. The molecular formula is C13H18N2O3. The monoisotopic (exact) mass is 250 g/mol. The van der Waals surface area contributed by atoms with Gasteiger partial charge in [0.15, 0.2) is 0 Å². The van der Waals surface area contributed by atoms with E-state index in [1.807, 2.05) is 19.1 Å². The van der Waals surface area contributed by atoms with Crippen LogP contribution in [0.15, 0.2) is 18.2 Å². The van der Waals surface area contributed by atoms with Gasteiger partial charge in [-0.05, 0) is 30.2 Å². The van der Waals surface area contributed by atoms with Crippen LogP contribution < -0.4 is 10.5 Å². The van der Waals surface area contributed by atoms with Gasteiger partial charge in [0.05, 0.1) is 19.3 Å². The van der Waals surface area contributed by atoms with Crippen molar-refractivity contribution in [1.82, 2.24) is 4.90 Å². The molecule has 0 aliphatic carbocycles. The molecule has 0 aromatic heterocycles. The predicted molar refractivity (Wildman–Crippen MR) is 67.4 cm³/mol. The molecule has 0 radical (unpaired) electrons. The Kier molecular flexibility index (Phi) is 3.84. The van der Waals surface area contributed by atoms with Gasteiger partial charge >= 0.3 is 6.09 Å². The molecule has 5 nitrogen and oxygen atoms in total. The van der Waals surface area contributed by atoms with Gasteiger partial charge < -0.3 is 20.1 Å². The fraction of sp³-hybridized carbons (Fsp3) is 0.462. The maximum Gasteiger partial charge on any atom is 0.414 e. The Labute approximate surface area is 106 Å². The van der Waals surface area contributed by atoms with E-state index in [1.165, 1.54) is 4.90 Å². The molecule has 0 fully saturated rings. The van der Waals surface area contributed by atoms with Crippen molar-refractivity contribution in [3.63, 3.8) is 0 Å². The average molecular weight is 250 g/mol. The zero-order valence-electron chi connectivity index (χ0n) is 10.7. The molecule has 1 heterocycles. The van der Waals surface area contributed by atoms with Gasteiger partial charge in [-0.3, -0.25) is 0 Å². The lowest BCUT2D eigenvalue weighted by molar-refractivity contribution is 0.0921. The second-order valence-corrected chi connectivity index (χ2v) is 4.36. The molecule has 0 bridgehead atoms. The first-order valence-electron chi connectivity index (χ1n) is 6.01. The number of hydrogen-bond acceptors (Lipinski definition) is 4. The van der Waals surface area contributed by atoms with Crippen molar-refractivity contribution in [1.29, 1.82) is 0 Å². The molecular weight excluding hydrogens is 232 g/mol. The molecule has 2 N–H and O–H groups in total. The SMILES string of the molecule is CCN(C)C(=O)Oc1ccc2c(c1)COCC2N. The number of nitrogens with two attached hydrogens (primary N) is 1. The van der Waals surface area contributed by atoms with E-state index in [4.69, 9.17) is 15.2 Å². The van der Waals surface area contributed by atoms with Gasteiger partial charge in [0.1, 0.15) is 5.75 Å². The number of nitrogens with zero attached hydrogens (tertiary/aromatic N) is 1. The minimum Gasteiger partial charge on any atom is -0.410 e. The highest BCUT2D eigenvalue weighted by molar-refractivity contribution is 5.70. The molecule has 0 saturated heterocycles. The lowest BCUT2D eigenvalue weighted by Gasteiger charge is -2.23. The smallest absolute Gasteiger partial charge is 0.410 e. The Hall–Kier alpha value is -1.59. The fourth-order valence-electron chi connectivity index (χ4n) is 1.83. The summed E-state index contributed by atoms with van der Waals surface area (Å²) in [4.78, 5) is 13.1. The van der Waals surface area contributed by atoms with Crippen LogP contribution in [0.5, 0.6) is 5.75 Å². The van der Waals surface area contributed by atoms with Gasteiger partial charge in [0, 0.05) is 13.6 Å². The summed E-state index contributed by atoms with van der Waals surface area (Å²) in [5, 5.41) is 0. The van der Waals surface area contributed by atoms with Gasteiger partial charge in [0.2, 0.25) is 0 Å². The molecule has 1 aromatic rings. The van der Waals surface area contributed by atoms with E-state index >= 15 is 0 Å². The van der Waals surface area contributed by atoms with Crippen LogP contribution in [-0.4, -0.2) is 31.2 Å². The molecule has 0 spiro atoms. The van der Waals surface area contributed by atoms with Crippen LogP contribution in [0.25, 0.3) is 0 Å². The maximum absolute atomic E-state index is 11.6. The number of hydrogen-bond donors (Lipinski definition) is 1. The van der Waals surface area contributed by atoms with Gasteiger partial charge in [-0.1, -0.05) is 6.07 Å². The molecule has 1 atom stereocenters. The van der Waals surface area contributed by atoms with Gasteiger partial charge in [-0.25, -0.2) is 4.79 Å². The van der Waals surface area contributed by atoms with Crippen LogP contribution in [0.3, 0.4) is 0 Å². The molecule has 2 rings (SSSR count). The van der Waals surface area contributed by atoms with E-state index in [2.05, 4.69) is 0 Å². The number of ether oxygens (including phenoxy) is 2. The number of rotatable bonds is 2. The second-order valence-electron chi connectivity index (χ2n) is 4.36. The zero-order chi connectivity index (χ0) is 13.1. The lowest BCUT2D eigenvalue weighted by Crippen LogP contribution is -2.29. The summed E-state index contributed by atoms with van der Waals surface area (Å²) in [7, 11) is 1.69. The van der Waals surface area contributed by atoms with Crippen LogP contribution in [0.2, 0.25) is 0 Å². The molecule has 0 saturated carbocycles. The Morgan fingerprint density at radius 1 is 1.61 bits per heavy atom. The van der Waals surface area contributed by atoms with Crippen molar-refractivity contribution in [2.75, 3.05) is 20.2 Å². The Bertz CT molecular complexity index is 448. The molecule has 1 aliphatic rings. The number of carbonyl (C=O) groups excluding carboxylic acids is 1. The number of fused-ring (bicyclic) bond motifs is 1. The van der Waals surface area contributed by atoms with Crippen molar-refractivity contribution in [3.8, 4) is 5.75 Å². The minimum atomic E-state index is -0.363. The molecule has 98 valence electrons. The molecule has 1 aliphatic heterocycles. The van der Waals surface area contributed by atoms with E-state index in [0.717, 1.165) is 11.1 Å². The topological polar surface area (TPSA) is 64.8 Å². The summed E-state index contributed by atoms with van der Waals surface area (Å²) < 4.78 is 10.6. The number of carbonyl (C=O) groups is 1. The van der Waals surface area contributed by atoms with Gasteiger partial charge in [0.25, 0.3) is 0 Å². The highest BCUT2D eigenvalue weighted by atomic mass is 16.6. The summed E-state index contributed by atoms with van der Waals surface area (Å²) in [6.07, 6.45) is -0.363. The Morgan fingerprint density at radius 2 is 2.39 bits per heavy atom. The van der Waals surface area contributed by atoms with Crippen molar-refractivity contribution < 1.29 is 14.3 Å². The van der Waals surface area contributed by atoms with Crippen LogP contribution in [0.1, 0.15) is 24.1 Å². The van der Waals surface area contributed by atoms with Crippen LogP contribution in [0, 0.1) is 0 Å². The first-order chi connectivity index (χ1) is 8.61. The average Bonchev–Trinajstić information content (AvgIpc) is 2.38. The summed E-state index contributed by atoms with van der Waals surface area (Å²) in [6.45, 7) is 3.54. The van der Waals surface area contributed by atoms with Crippen molar-refractivity contribution in [2.45, 2.75) is 19.6 Å². The van der Waals surface area contributed by atoms with Crippen LogP contribution in [0.4, 0.5) is 4.79 Å². The highest BCUT2D eigenvalue weighted by Crippen LogP contribution is 2.27. The summed E-state index contributed by atoms with van der Waals surface area (Å²) in [5.74, 6) is 0.525. The van der Waals surface area contributed by atoms with Crippen LogP contribution >= 0.6 is 0 Å². The third-order valence-corrected chi connectivity index (χ3v) is 3.06. The fourth-order valence-corrected chi connectivity index (χ4v) is 1.83. The van der Waals surface area contributed by atoms with Gasteiger partial charge in [-0.15, -0.1) is 0 Å². The van der Waals surface area contributed by atoms with E-state index < -0.39 is 0 Å². The zero-order valence-corrected chi connectivity index (χ0v) is 10.7. The quantitative estimate of drug-likeness (QED) is 0.867. The van der Waals surface area contributed by atoms with E-state index in [1.54, 1.807) is 13.1 Å². The number of amides is 1. The second kappa shape index (κ2) is 5.37. The van der Waals surface area contributed by atoms with Crippen molar-refractivity contribution >= 4 is 6.09 Å². The van der Waals surface area contributed by atoms with Gasteiger partial charge in [-0.2, -0.15) is 0 Å². The minimum absolute atomic E-state index is 0.100. The van der Waals surface area contributed by atoms with Crippen molar-refractivity contribution in [3.05, 3.63) is 29.3 Å². The maximum atomic E-state index is 11.6. The summed E-state index contributed by atoms with van der Waals surface area (Å²) >= 11 is 0. The predicted octanol–water partition coefficient (Wildman–Crippen LogP) is 1.67. The standard InChI is InChI=1S/C13H18N2O3/c1-3-15(2)13(16)18-10-4-5-11-9(6-10)7-17-8-12(11)14/h4-6,12H,3,7-8,14H2,1-2H3.